The van der Waals surface area contributed by atoms with E-state index in [1.165, 1.54) is 32.3 Å². The van der Waals surface area contributed by atoms with Gasteiger partial charge in [-0.25, -0.2) is 23.9 Å². The number of nitrogens with zero attached hydrogens (tertiary/aromatic N) is 3. The molecule has 1 amide bonds. The van der Waals surface area contributed by atoms with Gasteiger partial charge in [0.1, 0.15) is 16.9 Å². The fraction of sp³-hybridized carbons (Fsp3) is 0.455. The number of anilines is 1. The van der Waals surface area contributed by atoms with Gasteiger partial charge in [-0.1, -0.05) is 0 Å². The highest BCUT2D eigenvalue weighted by Crippen LogP contribution is 2.38. The third kappa shape index (κ3) is 4.76. The van der Waals surface area contributed by atoms with Gasteiger partial charge in [0.25, 0.3) is 0 Å². The Bertz CT molecular complexity index is 1140. The van der Waals surface area contributed by atoms with Crippen molar-refractivity contribution in [2.45, 2.75) is 32.8 Å². The normalized spacial score (nSPS) is 14.3. The highest BCUT2D eigenvalue weighted by molar-refractivity contribution is 6.00. The number of esters is 1. The summed E-state index contributed by atoms with van der Waals surface area (Å²) in [7, 11) is 3.91. The molecule has 3 rings (SSSR count). The maximum absolute atomic E-state index is 15.2. The molecule has 2 heterocycles. The second kappa shape index (κ2) is 9.08. The Morgan fingerprint density at radius 1 is 1.15 bits per heavy atom. The van der Waals surface area contributed by atoms with Crippen molar-refractivity contribution in [3.8, 4) is 11.5 Å². The van der Waals surface area contributed by atoms with Crippen molar-refractivity contribution in [1.82, 2.24) is 14.9 Å². The van der Waals surface area contributed by atoms with Gasteiger partial charge >= 0.3 is 12.1 Å². The minimum Gasteiger partial charge on any atom is -0.493 e. The fourth-order valence-corrected chi connectivity index (χ4v) is 3.49. The molecule has 1 aliphatic heterocycles. The molecule has 11 heteroatoms. The molecule has 178 valence electrons. The van der Waals surface area contributed by atoms with E-state index in [1.807, 2.05) is 0 Å². The quantitative estimate of drug-likeness (QED) is 0.682. The second-order valence-electron chi connectivity index (χ2n) is 8.36. The average molecular weight is 462 g/mol. The van der Waals surface area contributed by atoms with Crippen LogP contribution in [0, 0.1) is 5.82 Å². The molecule has 10 nitrogen and oxygen atoms in total. The summed E-state index contributed by atoms with van der Waals surface area (Å²) in [5.74, 6) is -1.35. The predicted octanol–water partition coefficient (Wildman–Crippen LogP) is 2.94. The Balaban J connectivity index is 2.12. The third-order valence-electron chi connectivity index (χ3n) is 5.00. The minimum absolute atomic E-state index is 0.00106. The van der Waals surface area contributed by atoms with Gasteiger partial charge in [0.05, 0.1) is 33.4 Å². The lowest BCUT2D eigenvalue weighted by atomic mass is 9.99. The van der Waals surface area contributed by atoms with Gasteiger partial charge in [0.15, 0.2) is 23.1 Å². The first-order valence-electron chi connectivity index (χ1n) is 10.2. The smallest absolute Gasteiger partial charge is 0.410 e. The summed E-state index contributed by atoms with van der Waals surface area (Å²) in [5, 5.41) is 0.236. The van der Waals surface area contributed by atoms with Crippen LogP contribution in [-0.2, 0) is 14.3 Å². The number of carbonyl (C=O) groups excluding carboxylic acids is 2. The first-order chi connectivity index (χ1) is 15.5. The number of methoxy groups -OCH3 is 3. The molecule has 2 aromatic rings. The molecule has 1 aromatic heterocycles. The number of nitrogens with two attached hydrogens (primary N) is 1. The number of nitrogen functional groups attached to an aromatic ring is 1. The van der Waals surface area contributed by atoms with Gasteiger partial charge in [-0.15, -0.1) is 0 Å². The molecule has 0 unspecified atom stereocenters. The van der Waals surface area contributed by atoms with E-state index in [1.54, 1.807) is 20.8 Å². The number of halogens is 1. The van der Waals surface area contributed by atoms with Gasteiger partial charge in [0, 0.05) is 17.5 Å². The summed E-state index contributed by atoms with van der Waals surface area (Å²) in [4.78, 5) is 35.1. The number of hydrogen-bond acceptors (Lipinski definition) is 9. The zero-order chi connectivity index (χ0) is 24.5. The van der Waals surface area contributed by atoms with Crippen LogP contribution >= 0.6 is 0 Å². The van der Waals surface area contributed by atoms with Crippen molar-refractivity contribution in [3.05, 3.63) is 23.3 Å². The minimum atomic E-state index is -0.770. The van der Waals surface area contributed by atoms with Crippen molar-refractivity contribution < 1.29 is 32.9 Å². The summed E-state index contributed by atoms with van der Waals surface area (Å²) in [6.07, 6.45) is -0.353. The number of benzene rings is 1. The summed E-state index contributed by atoms with van der Waals surface area (Å²) in [6, 6.07) is 1.48. The summed E-state index contributed by atoms with van der Waals surface area (Å²) >= 11 is 0. The summed E-state index contributed by atoms with van der Waals surface area (Å²) in [5.41, 5.74) is 5.90. The molecular weight excluding hydrogens is 435 g/mol. The molecule has 1 aliphatic rings. The molecule has 0 fully saturated rings. The van der Waals surface area contributed by atoms with Gasteiger partial charge < -0.3 is 29.6 Å². The number of carbonyl (C=O) groups is 2. The Morgan fingerprint density at radius 3 is 2.42 bits per heavy atom. The number of rotatable bonds is 4. The molecule has 0 radical (unpaired) electrons. The largest absolute Gasteiger partial charge is 0.493 e. The SMILES string of the molecule is COC(=O)C1=C(c2nc(N)c3cc(OC)c(OC)c(F)c3n2)CCN(C(=O)OC(C)(C)C)C1. The first-order valence-corrected chi connectivity index (χ1v) is 10.2. The van der Waals surface area contributed by atoms with Crippen LogP contribution in [0.1, 0.15) is 33.0 Å². The lowest BCUT2D eigenvalue weighted by Crippen LogP contribution is -2.42. The molecular formula is C22H27FN4O6. The Labute approximate surface area is 190 Å². The Morgan fingerprint density at radius 2 is 1.85 bits per heavy atom. The van der Waals surface area contributed by atoms with E-state index in [4.69, 9.17) is 24.7 Å². The zero-order valence-corrected chi connectivity index (χ0v) is 19.4. The van der Waals surface area contributed by atoms with Crippen LogP contribution in [0.5, 0.6) is 11.5 Å². The van der Waals surface area contributed by atoms with E-state index in [0.717, 1.165) is 0 Å². The van der Waals surface area contributed by atoms with Crippen molar-refractivity contribution >= 4 is 34.4 Å². The topological polar surface area (TPSA) is 126 Å². The summed E-state index contributed by atoms with van der Waals surface area (Å²) in [6.45, 7) is 5.41. The summed E-state index contributed by atoms with van der Waals surface area (Å²) < 4.78 is 35.7. The molecule has 0 bridgehead atoms. The number of amides is 1. The van der Waals surface area contributed by atoms with Crippen molar-refractivity contribution in [1.29, 1.82) is 0 Å². The number of hydrogen-bond donors (Lipinski definition) is 1. The third-order valence-corrected chi connectivity index (χ3v) is 5.00. The zero-order valence-electron chi connectivity index (χ0n) is 19.4. The molecule has 0 atom stereocenters. The average Bonchev–Trinajstić information content (AvgIpc) is 2.77. The van der Waals surface area contributed by atoms with Gasteiger partial charge in [-0.05, 0) is 33.3 Å². The Hall–Kier alpha value is -3.63. The van der Waals surface area contributed by atoms with E-state index in [0.29, 0.717) is 5.57 Å². The van der Waals surface area contributed by atoms with Crippen LogP contribution in [0.25, 0.3) is 16.5 Å². The first kappa shape index (κ1) is 24.0. The maximum atomic E-state index is 15.2. The lowest BCUT2D eigenvalue weighted by molar-refractivity contribution is -0.136. The maximum Gasteiger partial charge on any atom is 0.410 e. The van der Waals surface area contributed by atoms with Crippen molar-refractivity contribution in [3.63, 3.8) is 0 Å². The molecule has 0 aliphatic carbocycles. The van der Waals surface area contributed by atoms with Crippen LogP contribution in [-0.4, -0.2) is 67.0 Å². The van der Waals surface area contributed by atoms with E-state index in [9.17, 15) is 9.59 Å². The van der Waals surface area contributed by atoms with E-state index >= 15 is 4.39 Å². The van der Waals surface area contributed by atoms with Gasteiger partial charge in [-0.2, -0.15) is 0 Å². The highest BCUT2D eigenvalue weighted by atomic mass is 19.1. The number of aromatic nitrogens is 2. The molecule has 0 saturated carbocycles. The molecule has 33 heavy (non-hydrogen) atoms. The van der Waals surface area contributed by atoms with Crippen LogP contribution in [0.15, 0.2) is 11.6 Å². The molecule has 0 spiro atoms. The van der Waals surface area contributed by atoms with E-state index in [2.05, 4.69) is 9.97 Å². The van der Waals surface area contributed by atoms with Crippen LogP contribution in [0.4, 0.5) is 15.0 Å². The van der Waals surface area contributed by atoms with Crippen LogP contribution in [0.3, 0.4) is 0 Å². The van der Waals surface area contributed by atoms with E-state index < -0.39 is 23.5 Å². The monoisotopic (exact) mass is 462 g/mol. The standard InChI is InChI=1S/C22H27FN4O6/c1-22(2,3)33-21(29)27-8-7-11(13(10-27)20(28)32-6)19-25-16-12(18(24)26-19)9-14(30-4)17(31-5)15(16)23/h9H,7-8,10H2,1-6H3,(H2,24,25,26). The second-order valence-corrected chi connectivity index (χ2v) is 8.36. The Kier molecular flexibility index (Phi) is 6.61. The van der Waals surface area contributed by atoms with Crippen molar-refractivity contribution in [2.24, 2.45) is 0 Å². The number of ether oxygens (including phenoxy) is 4. The van der Waals surface area contributed by atoms with Gasteiger partial charge in [-0.3, -0.25) is 0 Å². The molecule has 2 N–H and O–H groups in total. The molecule has 1 aromatic carbocycles. The fourth-order valence-electron chi connectivity index (χ4n) is 3.49. The number of fused-ring (bicyclic) bond motifs is 1. The predicted molar refractivity (Wildman–Crippen MR) is 118 cm³/mol. The van der Waals surface area contributed by atoms with E-state index in [-0.39, 0.29) is 59.1 Å². The van der Waals surface area contributed by atoms with Crippen LogP contribution in [0.2, 0.25) is 0 Å². The molecule has 0 saturated heterocycles. The lowest BCUT2D eigenvalue weighted by Gasteiger charge is -2.31. The van der Waals surface area contributed by atoms with Crippen LogP contribution < -0.4 is 15.2 Å². The van der Waals surface area contributed by atoms with Crippen molar-refractivity contribution in [2.75, 3.05) is 40.2 Å². The van der Waals surface area contributed by atoms with Gasteiger partial charge in [0.2, 0.25) is 0 Å². The highest BCUT2D eigenvalue weighted by Gasteiger charge is 2.32.